The molecule has 0 amide bonds. The van der Waals surface area contributed by atoms with Crippen LogP contribution in [-0.4, -0.2) is 35.9 Å². The van der Waals surface area contributed by atoms with Gasteiger partial charge in [-0.25, -0.2) is 4.79 Å². The van der Waals surface area contributed by atoms with E-state index in [2.05, 4.69) is 11.3 Å². The molecular weight excluding hydrogens is 240 g/mol. The van der Waals surface area contributed by atoms with Crippen molar-refractivity contribution in [3.8, 4) is 11.5 Å². The van der Waals surface area contributed by atoms with Gasteiger partial charge in [-0.3, -0.25) is 4.79 Å². The second-order valence-electron chi connectivity index (χ2n) is 3.28. The summed E-state index contributed by atoms with van der Waals surface area (Å²) < 4.78 is 9.09. The van der Waals surface area contributed by atoms with E-state index in [-0.39, 0.29) is 42.3 Å². The Balaban J connectivity index is 2.63. The van der Waals surface area contributed by atoms with Gasteiger partial charge < -0.3 is 19.7 Å². The van der Waals surface area contributed by atoms with Crippen LogP contribution in [0.25, 0.3) is 5.57 Å². The van der Waals surface area contributed by atoms with Crippen LogP contribution in [0.1, 0.15) is 5.56 Å². The molecule has 0 aromatic heterocycles. The monoisotopic (exact) mass is 252 g/mol. The summed E-state index contributed by atoms with van der Waals surface area (Å²) in [5.74, 6) is -1.15. The van der Waals surface area contributed by atoms with Crippen LogP contribution in [0.3, 0.4) is 0 Å². The predicted molar refractivity (Wildman–Crippen MR) is 61.8 cm³/mol. The predicted octanol–water partition coefficient (Wildman–Crippen LogP) is 0.827. The molecule has 0 aliphatic carbocycles. The summed E-state index contributed by atoms with van der Waals surface area (Å²) in [7, 11) is 0. The molecule has 0 aliphatic rings. The number of hydrogen-bond donors (Lipinski definition) is 2. The van der Waals surface area contributed by atoms with E-state index in [0.29, 0.717) is 0 Å². The van der Waals surface area contributed by atoms with Gasteiger partial charge in [0.1, 0.15) is 24.7 Å². The highest BCUT2D eigenvalue weighted by Crippen LogP contribution is 2.28. The first-order valence-corrected chi connectivity index (χ1v) is 5.00. The first kappa shape index (κ1) is 13.6. The third-order valence-corrected chi connectivity index (χ3v) is 2.06. The quantitative estimate of drug-likeness (QED) is 0.337. The Kier molecular flexibility index (Phi) is 4.74. The van der Waals surface area contributed by atoms with Crippen molar-refractivity contribution in [2.45, 2.75) is 0 Å². The highest BCUT2D eigenvalue weighted by Gasteiger charge is 2.14. The van der Waals surface area contributed by atoms with Crippen molar-refractivity contribution < 1.29 is 29.3 Å². The van der Waals surface area contributed by atoms with E-state index >= 15 is 0 Å². The smallest absolute Gasteiger partial charge is 0.338 e. The maximum atomic E-state index is 11.5. The van der Waals surface area contributed by atoms with Crippen molar-refractivity contribution in [3.63, 3.8) is 0 Å². The zero-order valence-corrected chi connectivity index (χ0v) is 9.46. The summed E-state index contributed by atoms with van der Waals surface area (Å²) >= 11 is 0. The van der Waals surface area contributed by atoms with Gasteiger partial charge in [-0.1, -0.05) is 6.58 Å². The van der Waals surface area contributed by atoms with Crippen molar-refractivity contribution in [1.29, 1.82) is 0 Å². The average molecular weight is 252 g/mol. The number of carbonyl (C=O) groups is 2. The largest absolute Gasteiger partial charge is 0.508 e. The second-order valence-corrected chi connectivity index (χ2v) is 3.28. The molecule has 0 saturated heterocycles. The normalized spacial score (nSPS) is 9.56. The van der Waals surface area contributed by atoms with Crippen LogP contribution in [0, 0.1) is 0 Å². The van der Waals surface area contributed by atoms with E-state index in [1.54, 1.807) is 0 Å². The number of ether oxygens (including phenoxy) is 2. The minimum atomic E-state index is -0.745. The molecule has 0 atom stereocenters. The molecule has 0 unspecified atom stereocenters. The van der Waals surface area contributed by atoms with Gasteiger partial charge in [0.05, 0.1) is 5.57 Å². The highest BCUT2D eigenvalue weighted by molar-refractivity contribution is 6.16. The van der Waals surface area contributed by atoms with Crippen LogP contribution in [0.2, 0.25) is 0 Å². The fourth-order valence-corrected chi connectivity index (χ4v) is 1.20. The number of rotatable bonds is 6. The van der Waals surface area contributed by atoms with Crippen molar-refractivity contribution in [1.82, 2.24) is 0 Å². The minimum absolute atomic E-state index is 0.0515. The minimum Gasteiger partial charge on any atom is -0.508 e. The number of benzene rings is 1. The topological polar surface area (TPSA) is 93.1 Å². The van der Waals surface area contributed by atoms with Crippen LogP contribution in [0.5, 0.6) is 11.5 Å². The highest BCUT2D eigenvalue weighted by atomic mass is 16.6. The number of phenols is 2. The van der Waals surface area contributed by atoms with Crippen LogP contribution in [-0.2, 0) is 19.1 Å². The van der Waals surface area contributed by atoms with Gasteiger partial charge >= 0.3 is 5.97 Å². The second kappa shape index (κ2) is 6.29. The molecule has 0 radical (unpaired) electrons. The molecule has 2 N–H and O–H groups in total. The summed E-state index contributed by atoms with van der Waals surface area (Å²) in [6.45, 7) is 3.58. The number of hydrogen-bond acceptors (Lipinski definition) is 6. The Morgan fingerprint density at radius 2 is 2.06 bits per heavy atom. The molecule has 0 heterocycles. The lowest BCUT2D eigenvalue weighted by Crippen LogP contribution is -2.11. The summed E-state index contributed by atoms with van der Waals surface area (Å²) in [5, 5.41) is 18.6. The third-order valence-electron chi connectivity index (χ3n) is 2.06. The first-order valence-electron chi connectivity index (χ1n) is 5.00. The lowest BCUT2D eigenvalue weighted by molar-refractivity contribution is -0.141. The molecule has 0 saturated carbocycles. The van der Waals surface area contributed by atoms with Gasteiger partial charge in [0.15, 0.2) is 0 Å². The number of carbonyl (C=O) groups excluding carboxylic acids is 2. The molecule has 1 aromatic rings. The molecule has 96 valence electrons. The number of aromatic hydroxyl groups is 2. The Morgan fingerprint density at radius 3 is 2.67 bits per heavy atom. The summed E-state index contributed by atoms with van der Waals surface area (Å²) in [6, 6.07) is 3.74. The van der Waals surface area contributed by atoms with Crippen LogP contribution in [0.4, 0.5) is 0 Å². The van der Waals surface area contributed by atoms with Gasteiger partial charge in [0, 0.05) is 11.6 Å². The van der Waals surface area contributed by atoms with Crippen molar-refractivity contribution >= 4 is 18.0 Å². The van der Waals surface area contributed by atoms with Crippen LogP contribution in [0.15, 0.2) is 24.8 Å². The Bertz CT molecular complexity index is 466. The summed E-state index contributed by atoms with van der Waals surface area (Å²) in [6.07, 6.45) is 0. The Morgan fingerprint density at radius 1 is 1.33 bits per heavy atom. The molecule has 0 spiro atoms. The fraction of sp³-hybridized carbons (Fsp3) is 0.167. The summed E-state index contributed by atoms with van der Waals surface area (Å²) in [4.78, 5) is 21.3. The standard InChI is InChI=1S/C12H12O6/c1-8(12(16)18-5-4-17-7-13)10-3-2-9(14)6-11(10)15/h2-3,6-7,14-15H,1,4-5H2. The van der Waals surface area contributed by atoms with Gasteiger partial charge in [-0.2, -0.15) is 0 Å². The van der Waals surface area contributed by atoms with Crippen molar-refractivity contribution in [3.05, 3.63) is 30.3 Å². The van der Waals surface area contributed by atoms with Gasteiger partial charge in [-0.05, 0) is 12.1 Å². The lowest BCUT2D eigenvalue weighted by atomic mass is 10.1. The van der Waals surface area contributed by atoms with Crippen molar-refractivity contribution in [2.24, 2.45) is 0 Å². The Hall–Kier alpha value is -2.50. The zero-order chi connectivity index (χ0) is 13.5. The maximum absolute atomic E-state index is 11.5. The lowest BCUT2D eigenvalue weighted by Gasteiger charge is -2.08. The maximum Gasteiger partial charge on any atom is 0.338 e. The molecule has 1 rings (SSSR count). The van der Waals surface area contributed by atoms with E-state index in [1.165, 1.54) is 12.1 Å². The van der Waals surface area contributed by atoms with Crippen LogP contribution >= 0.6 is 0 Å². The fourth-order valence-electron chi connectivity index (χ4n) is 1.20. The van der Waals surface area contributed by atoms with E-state index in [1.807, 2.05) is 0 Å². The van der Waals surface area contributed by atoms with E-state index < -0.39 is 5.97 Å². The van der Waals surface area contributed by atoms with Crippen molar-refractivity contribution in [2.75, 3.05) is 13.2 Å². The SMILES string of the molecule is C=C(C(=O)OCCOC=O)c1ccc(O)cc1O. The summed E-state index contributed by atoms with van der Waals surface area (Å²) in [5.41, 5.74) is 0.104. The number of phenolic OH excluding ortho intramolecular Hbond substituents is 2. The van der Waals surface area contributed by atoms with Crippen LogP contribution < -0.4 is 0 Å². The van der Waals surface area contributed by atoms with E-state index in [0.717, 1.165) is 6.07 Å². The molecule has 6 nitrogen and oxygen atoms in total. The number of esters is 1. The molecule has 0 bridgehead atoms. The molecule has 1 aromatic carbocycles. The molecule has 0 fully saturated rings. The van der Waals surface area contributed by atoms with E-state index in [9.17, 15) is 14.7 Å². The Labute approximate surface area is 103 Å². The first-order chi connectivity index (χ1) is 8.56. The molecular formula is C12H12O6. The van der Waals surface area contributed by atoms with E-state index in [4.69, 9.17) is 9.84 Å². The molecule has 6 heteroatoms. The van der Waals surface area contributed by atoms with Gasteiger partial charge in [0.2, 0.25) is 0 Å². The average Bonchev–Trinajstić information content (AvgIpc) is 2.33. The van der Waals surface area contributed by atoms with Gasteiger partial charge in [0.25, 0.3) is 6.47 Å². The van der Waals surface area contributed by atoms with Gasteiger partial charge in [-0.15, -0.1) is 0 Å². The third kappa shape index (κ3) is 3.51. The zero-order valence-electron chi connectivity index (χ0n) is 9.46. The molecule has 18 heavy (non-hydrogen) atoms. The molecule has 0 aliphatic heterocycles.